The second kappa shape index (κ2) is 5.29. The average Bonchev–Trinajstić information content (AvgIpc) is 2.26. The van der Waals surface area contributed by atoms with Crippen LogP contribution >= 0.6 is 0 Å². The molecule has 0 spiro atoms. The third kappa shape index (κ3) is 3.39. The molecule has 0 radical (unpaired) electrons. The molecule has 9 heteroatoms. The van der Waals surface area contributed by atoms with Gasteiger partial charge in [0.2, 0.25) is 0 Å². The Morgan fingerprint density at radius 1 is 1.44 bits per heavy atom. The molecule has 18 heavy (non-hydrogen) atoms. The molecule has 1 aromatic carbocycles. The molecule has 3 N–H and O–H groups in total. The molecule has 8 nitrogen and oxygen atoms in total. The maximum atomic E-state index is 11.7. The number of sulfonamides is 1. The smallest absolute Gasteiger partial charge is 0.293 e. The van der Waals surface area contributed by atoms with Crippen LogP contribution in [0.2, 0.25) is 0 Å². The van der Waals surface area contributed by atoms with Gasteiger partial charge in [0.1, 0.15) is 5.69 Å². The number of rotatable bonds is 5. The number of nitrogen functional groups attached to an aromatic ring is 1. The van der Waals surface area contributed by atoms with Gasteiger partial charge in [-0.1, -0.05) is 4.89 Å². The van der Waals surface area contributed by atoms with Crippen molar-refractivity contribution in [1.29, 1.82) is 0 Å². The van der Waals surface area contributed by atoms with Crippen molar-refractivity contribution in [3.8, 4) is 0 Å². The highest BCUT2D eigenvalue weighted by Crippen LogP contribution is 2.24. The Hall–Kier alpha value is -1.71. The van der Waals surface area contributed by atoms with Gasteiger partial charge in [-0.3, -0.25) is 15.0 Å². The first-order valence-electron chi connectivity index (χ1n) is 4.95. The van der Waals surface area contributed by atoms with Gasteiger partial charge in [0.05, 0.1) is 15.9 Å². The molecule has 0 heterocycles. The van der Waals surface area contributed by atoms with E-state index in [0.29, 0.717) is 0 Å². The van der Waals surface area contributed by atoms with Crippen molar-refractivity contribution in [3.63, 3.8) is 0 Å². The number of nitro groups is 1. The van der Waals surface area contributed by atoms with E-state index < -0.39 is 20.6 Å². The molecule has 0 amide bonds. The topological polar surface area (TPSA) is 125 Å². The van der Waals surface area contributed by atoms with Gasteiger partial charge in [0, 0.05) is 6.07 Å². The van der Waals surface area contributed by atoms with E-state index in [4.69, 9.17) is 10.6 Å². The molecule has 1 rings (SSSR count). The summed E-state index contributed by atoms with van der Waals surface area (Å²) in [5.74, 6) is 0. The monoisotopic (exact) mass is 275 g/mol. The van der Waals surface area contributed by atoms with E-state index in [1.807, 2.05) is 4.89 Å². The van der Waals surface area contributed by atoms with Gasteiger partial charge in [-0.05, 0) is 26.0 Å². The van der Waals surface area contributed by atoms with Gasteiger partial charge >= 0.3 is 0 Å². The minimum absolute atomic E-state index is 0.108. The Labute approximate surface area is 104 Å². The van der Waals surface area contributed by atoms with Crippen molar-refractivity contribution in [2.45, 2.75) is 24.8 Å². The Bertz CT molecular complexity index is 555. The lowest BCUT2D eigenvalue weighted by Gasteiger charge is -2.09. The second-order valence-electron chi connectivity index (χ2n) is 3.73. The van der Waals surface area contributed by atoms with E-state index in [0.717, 1.165) is 18.2 Å². The van der Waals surface area contributed by atoms with Crippen LogP contribution in [0.25, 0.3) is 0 Å². The maximum absolute atomic E-state index is 11.7. The molecule has 0 aliphatic rings. The molecule has 0 unspecified atom stereocenters. The lowest BCUT2D eigenvalue weighted by atomic mass is 10.3. The minimum atomic E-state index is -3.96. The van der Waals surface area contributed by atoms with Crippen molar-refractivity contribution >= 4 is 21.4 Å². The summed E-state index contributed by atoms with van der Waals surface area (Å²) in [7, 11) is -3.96. The van der Waals surface area contributed by atoms with E-state index in [2.05, 4.69) is 0 Å². The van der Waals surface area contributed by atoms with Crippen LogP contribution in [0.1, 0.15) is 13.8 Å². The van der Waals surface area contributed by atoms with Crippen molar-refractivity contribution in [2.24, 2.45) is 0 Å². The summed E-state index contributed by atoms with van der Waals surface area (Å²) in [6.07, 6.45) is -0.358. The molecule has 0 fully saturated rings. The summed E-state index contributed by atoms with van der Waals surface area (Å²) >= 11 is 0. The van der Waals surface area contributed by atoms with Gasteiger partial charge in [0.15, 0.2) is 0 Å². The fraction of sp³-hybridized carbons (Fsp3) is 0.333. The summed E-state index contributed by atoms with van der Waals surface area (Å²) < 4.78 is 23.4. The van der Waals surface area contributed by atoms with Gasteiger partial charge in [-0.15, -0.1) is 0 Å². The predicted molar refractivity (Wildman–Crippen MR) is 64.1 cm³/mol. The number of hydrogen-bond donors (Lipinski definition) is 2. The molecule has 0 saturated heterocycles. The van der Waals surface area contributed by atoms with E-state index in [-0.39, 0.29) is 16.7 Å². The van der Waals surface area contributed by atoms with Crippen LogP contribution in [0, 0.1) is 10.1 Å². The fourth-order valence-corrected chi connectivity index (χ4v) is 1.99. The molecular weight excluding hydrogens is 262 g/mol. The van der Waals surface area contributed by atoms with Gasteiger partial charge in [-0.2, -0.15) is 0 Å². The Kier molecular flexibility index (Phi) is 4.22. The predicted octanol–water partition coefficient (Wildman–Crippen LogP) is 0.795. The van der Waals surface area contributed by atoms with Crippen molar-refractivity contribution in [3.05, 3.63) is 28.3 Å². The molecular formula is C9H13N3O5S. The summed E-state index contributed by atoms with van der Waals surface area (Å²) in [6, 6.07) is 3.19. The Morgan fingerprint density at radius 3 is 2.56 bits per heavy atom. The van der Waals surface area contributed by atoms with E-state index in [9.17, 15) is 18.5 Å². The zero-order chi connectivity index (χ0) is 13.9. The Morgan fingerprint density at radius 2 is 2.06 bits per heavy atom. The summed E-state index contributed by atoms with van der Waals surface area (Å²) in [5, 5.41) is 10.6. The Balaban J connectivity index is 3.10. The SMILES string of the molecule is CC(C)ONS(=O)(=O)c1ccc(N)c([N+](=O)[O-])c1. The molecule has 0 bridgehead atoms. The lowest BCUT2D eigenvalue weighted by Crippen LogP contribution is -2.27. The molecule has 1 aromatic rings. The number of nitrogens with one attached hydrogen (secondary N) is 1. The highest BCUT2D eigenvalue weighted by molar-refractivity contribution is 7.89. The normalized spacial score (nSPS) is 11.7. The van der Waals surface area contributed by atoms with Gasteiger partial charge < -0.3 is 5.73 Å². The first-order chi connectivity index (χ1) is 8.24. The van der Waals surface area contributed by atoms with Crippen LogP contribution in [0.15, 0.2) is 23.1 Å². The number of hydrogen-bond acceptors (Lipinski definition) is 6. The first kappa shape index (κ1) is 14.4. The number of nitro benzene ring substituents is 1. The zero-order valence-electron chi connectivity index (χ0n) is 9.78. The quantitative estimate of drug-likeness (QED) is 0.465. The lowest BCUT2D eigenvalue weighted by molar-refractivity contribution is -0.384. The summed E-state index contributed by atoms with van der Waals surface area (Å²) in [6.45, 7) is 3.27. The van der Waals surface area contributed by atoms with Crippen LogP contribution in [0.5, 0.6) is 0 Å². The number of nitrogens with zero attached hydrogens (tertiary/aromatic N) is 1. The third-order valence-corrected chi connectivity index (χ3v) is 3.09. The summed E-state index contributed by atoms with van der Waals surface area (Å²) in [5.41, 5.74) is 4.79. The molecule has 0 atom stereocenters. The number of anilines is 1. The maximum Gasteiger partial charge on any atom is 0.293 e. The van der Waals surface area contributed by atoms with E-state index in [1.54, 1.807) is 13.8 Å². The zero-order valence-corrected chi connectivity index (χ0v) is 10.6. The average molecular weight is 275 g/mol. The number of nitrogens with two attached hydrogens (primary N) is 1. The molecule has 100 valence electrons. The summed E-state index contributed by atoms with van der Waals surface area (Å²) in [4.78, 5) is 16.2. The second-order valence-corrected chi connectivity index (χ2v) is 5.38. The van der Waals surface area contributed by atoms with Crippen molar-refractivity contribution < 1.29 is 18.2 Å². The van der Waals surface area contributed by atoms with E-state index in [1.165, 1.54) is 0 Å². The molecule has 0 saturated carbocycles. The molecule has 0 aliphatic carbocycles. The fourth-order valence-electron chi connectivity index (χ4n) is 1.06. The highest BCUT2D eigenvalue weighted by atomic mass is 32.2. The largest absolute Gasteiger partial charge is 0.393 e. The standard InChI is InChI=1S/C9H13N3O5S/c1-6(2)17-11-18(15,16)7-3-4-8(10)9(5-7)12(13)14/h3-6,11H,10H2,1-2H3. The van der Waals surface area contributed by atoms with Crippen LogP contribution in [-0.2, 0) is 14.9 Å². The van der Waals surface area contributed by atoms with Crippen molar-refractivity contribution in [1.82, 2.24) is 4.89 Å². The highest BCUT2D eigenvalue weighted by Gasteiger charge is 2.20. The molecule has 0 aromatic heterocycles. The van der Waals surface area contributed by atoms with Crippen LogP contribution in [-0.4, -0.2) is 19.4 Å². The van der Waals surface area contributed by atoms with Crippen LogP contribution < -0.4 is 10.6 Å². The van der Waals surface area contributed by atoms with Crippen LogP contribution in [0.3, 0.4) is 0 Å². The van der Waals surface area contributed by atoms with Crippen molar-refractivity contribution in [2.75, 3.05) is 5.73 Å². The third-order valence-electron chi connectivity index (χ3n) is 1.90. The minimum Gasteiger partial charge on any atom is -0.393 e. The van der Waals surface area contributed by atoms with Gasteiger partial charge in [0.25, 0.3) is 15.7 Å². The molecule has 0 aliphatic heterocycles. The number of benzene rings is 1. The van der Waals surface area contributed by atoms with Gasteiger partial charge in [-0.25, -0.2) is 8.42 Å². The van der Waals surface area contributed by atoms with Crippen LogP contribution in [0.4, 0.5) is 11.4 Å². The van der Waals surface area contributed by atoms with E-state index >= 15 is 0 Å². The first-order valence-corrected chi connectivity index (χ1v) is 6.43.